The van der Waals surface area contributed by atoms with E-state index in [2.05, 4.69) is 18.1 Å². The molecule has 0 fully saturated rings. The molecule has 4 heteroatoms. The van der Waals surface area contributed by atoms with Crippen molar-refractivity contribution in [3.05, 3.63) is 41.6 Å². The van der Waals surface area contributed by atoms with Gasteiger partial charge in [-0.15, -0.1) is 0 Å². The smallest absolute Gasteiger partial charge is 0.122 e. The van der Waals surface area contributed by atoms with Crippen LogP contribution in [0, 0.1) is 6.92 Å². The van der Waals surface area contributed by atoms with Gasteiger partial charge in [-0.2, -0.15) is 5.10 Å². The van der Waals surface area contributed by atoms with Crippen molar-refractivity contribution in [3.8, 4) is 5.75 Å². The number of anilines is 1. The number of aromatic nitrogens is 2. The highest BCUT2D eigenvalue weighted by Gasteiger charge is 2.13. The average Bonchev–Trinajstić information content (AvgIpc) is 2.69. The number of nitrogen functional groups attached to an aromatic ring is 1. The SMILES string of the molecule is COc1ccccc1CC(C)n1nc(C)cc1N. The fourth-order valence-corrected chi connectivity index (χ4v) is 2.17. The summed E-state index contributed by atoms with van der Waals surface area (Å²) in [5, 5.41) is 4.41. The highest BCUT2D eigenvalue weighted by Crippen LogP contribution is 2.24. The summed E-state index contributed by atoms with van der Waals surface area (Å²) in [6, 6.07) is 10.1. The van der Waals surface area contributed by atoms with Crippen LogP contribution in [0.5, 0.6) is 5.75 Å². The predicted octanol–water partition coefficient (Wildman–Crippen LogP) is 2.59. The maximum absolute atomic E-state index is 5.94. The van der Waals surface area contributed by atoms with Gasteiger partial charge in [-0.05, 0) is 31.9 Å². The van der Waals surface area contributed by atoms with Gasteiger partial charge in [0.15, 0.2) is 0 Å². The number of methoxy groups -OCH3 is 1. The summed E-state index contributed by atoms with van der Waals surface area (Å²) in [5.41, 5.74) is 8.05. The Morgan fingerprint density at radius 2 is 2.11 bits per heavy atom. The van der Waals surface area contributed by atoms with Crippen molar-refractivity contribution in [2.24, 2.45) is 0 Å². The van der Waals surface area contributed by atoms with Crippen molar-refractivity contribution >= 4 is 5.82 Å². The molecule has 0 amide bonds. The standard InChI is InChI=1S/C14H19N3O/c1-10-8-14(15)17(16-10)11(2)9-12-6-4-5-7-13(12)18-3/h4-8,11H,9,15H2,1-3H3. The fraction of sp³-hybridized carbons (Fsp3) is 0.357. The van der Waals surface area contributed by atoms with Crippen LogP contribution in [0.3, 0.4) is 0 Å². The number of aryl methyl sites for hydroxylation is 1. The molecule has 0 aliphatic rings. The number of hydrogen-bond donors (Lipinski definition) is 1. The molecule has 0 aliphatic carbocycles. The van der Waals surface area contributed by atoms with Gasteiger partial charge < -0.3 is 10.5 Å². The number of rotatable bonds is 4. The zero-order valence-corrected chi connectivity index (χ0v) is 11.1. The van der Waals surface area contributed by atoms with E-state index >= 15 is 0 Å². The lowest BCUT2D eigenvalue weighted by atomic mass is 10.1. The lowest BCUT2D eigenvalue weighted by Gasteiger charge is -2.15. The molecular formula is C14H19N3O. The number of hydrogen-bond acceptors (Lipinski definition) is 3. The summed E-state index contributed by atoms with van der Waals surface area (Å²) in [7, 11) is 1.69. The van der Waals surface area contributed by atoms with Crippen LogP contribution in [0.4, 0.5) is 5.82 Å². The Morgan fingerprint density at radius 3 is 2.72 bits per heavy atom. The maximum Gasteiger partial charge on any atom is 0.122 e. The normalized spacial score (nSPS) is 12.4. The minimum absolute atomic E-state index is 0.204. The number of benzene rings is 1. The van der Waals surface area contributed by atoms with Crippen molar-refractivity contribution in [2.45, 2.75) is 26.3 Å². The third-order valence-electron chi connectivity index (χ3n) is 3.01. The fourth-order valence-electron chi connectivity index (χ4n) is 2.17. The van der Waals surface area contributed by atoms with Gasteiger partial charge in [0.25, 0.3) is 0 Å². The first-order chi connectivity index (χ1) is 8.61. The Morgan fingerprint density at radius 1 is 1.39 bits per heavy atom. The molecule has 1 atom stereocenters. The Labute approximate surface area is 107 Å². The molecular weight excluding hydrogens is 226 g/mol. The number of nitrogens with two attached hydrogens (primary N) is 1. The van der Waals surface area contributed by atoms with Gasteiger partial charge in [-0.3, -0.25) is 0 Å². The van der Waals surface area contributed by atoms with Gasteiger partial charge in [0.1, 0.15) is 11.6 Å². The number of para-hydroxylation sites is 1. The molecule has 0 saturated carbocycles. The highest BCUT2D eigenvalue weighted by molar-refractivity contribution is 5.35. The second-order valence-electron chi connectivity index (χ2n) is 4.52. The van der Waals surface area contributed by atoms with E-state index in [0.29, 0.717) is 5.82 Å². The topological polar surface area (TPSA) is 53.1 Å². The number of ether oxygens (including phenoxy) is 1. The number of nitrogens with zero attached hydrogens (tertiary/aromatic N) is 2. The van der Waals surface area contributed by atoms with Gasteiger partial charge in [-0.25, -0.2) is 4.68 Å². The van der Waals surface area contributed by atoms with Crippen LogP contribution in [-0.2, 0) is 6.42 Å². The molecule has 0 radical (unpaired) electrons. The van der Waals surface area contributed by atoms with E-state index in [1.165, 1.54) is 5.56 Å². The molecule has 2 aromatic rings. The van der Waals surface area contributed by atoms with Crippen LogP contribution in [0.2, 0.25) is 0 Å². The van der Waals surface area contributed by atoms with Crippen LogP contribution >= 0.6 is 0 Å². The molecule has 1 aromatic carbocycles. The summed E-state index contributed by atoms with van der Waals surface area (Å²) < 4.78 is 7.22. The van der Waals surface area contributed by atoms with E-state index in [1.54, 1.807) is 7.11 Å². The first-order valence-corrected chi connectivity index (χ1v) is 6.05. The maximum atomic E-state index is 5.94. The molecule has 0 bridgehead atoms. The predicted molar refractivity (Wildman–Crippen MR) is 72.8 cm³/mol. The van der Waals surface area contributed by atoms with E-state index in [1.807, 2.05) is 35.9 Å². The average molecular weight is 245 g/mol. The lowest BCUT2D eigenvalue weighted by Crippen LogP contribution is -2.13. The van der Waals surface area contributed by atoms with Gasteiger partial charge in [0, 0.05) is 6.07 Å². The van der Waals surface area contributed by atoms with E-state index in [9.17, 15) is 0 Å². The van der Waals surface area contributed by atoms with Crippen molar-refractivity contribution in [1.29, 1.82) is 0 Å². The summed E-state index contributed by atoms with van der Waals surface area (Å²) in [5.74, 6) is 1.61. The minimum Gasteiger partial charge on any atom is -0.496 e. The Bertz CT molecular complexity index is 534. The van der Waals surface area contributed by atoms with Gasteiger partial charge in [-0.1, -0.05) is 18.2 Å². The highest BCUT2D eigenvalue weighted by atomic mass is 16.5. The van der Waals surface area contributed by atoms with Crippen LogP contribution in [-0.4, -0.2) is 16.9 Å². The molecule has 18 heavy (non-hydrogen) atoms. The molecule has 0 aliphatic heterocycles. The largest absolute Gasteiger partial charge is 0.496 e. The Hall–Kier alpha value is -1.97. The first kappa shape index (κ1) is 12.5. The zero-order chi connectivity index (χ0) is 13.1. The molecule has 2 rings (SSSR count). The summed E-state index contributed by atoms with van der Waals surface area (Å²) in [6.45, 7) is 4.05. The van der Waals surface area contributed by atoms with Crippen LogP contribution in [0.1, 0.15) is 24.2 Å². The molecule has 1 unspecified atom stereocenters. The first-order valence-electron chi connectivity index (χ1n) is 6.05. The molecule has 0 spiro atoms. The van der Waals surface area contributed by atoms with Crippen LogP contribution in [0.25, 0.3) is 0 Å². The third-order valence-corrected chi connectivity index (χ3v) is 3.01. The Balaban J connectivity index is 2.21. The Kier molecular flexibility index (Phi) is 3.55. The molecule has 2 N–H and O–H groups in total. The van der Waals surface area contributed by atoms with Crippen molar-refractivity contribution < 1.29 is 4.74 Å². The second kappa shape index (κ2) is 5.12. The summed E-state index contributed by atoms with van der Waals surface area (Å²) in [6.07, 6.45) is 0.843. The van der Waals surface area contributed by atoms with E-state index in [-0.39, 0.29) is 6.04 Å². The lowest BCUT2D eigenvalue weighted by molar-refractivity contribution is 0.402. The monoisotopic (exact) mass is 245 g/mol. The summed E-state index contributed by atoms with van der Waals surface area (Å²) in [4.78, 5) is 0. The van der Waals surface area contributed by atoms with Crippen molar-refractivity contribution in [3.63, 3.8) is 0 Å². The molecule has 1 aromatic heterocycles. The second-order valence-corrected chi connectivity index (χ2v) is 4.52. The summed E-state index contributed by atoms with van der Waals surface area (Å²) >= 11 is 0. The van der Waals surface area contributed by atoms with E-state index in [0.717, 1.165) is 17.9 Å². The van der Waals surface area contributed by atoms with Crippen LogP contribution < -0.4 is 10.5 Å². The minimum atomic E-state index is 0.204. The van der Waals surface area contributed by atoms with Gasteiger partial charge in [0.05, 0.1) is 18.8 Å². The van der Waals surface area contributed by atoms with Crippen LogP contribution in [0.15, 0.2) is 30.3 Å². The molecule has 96 valence electrons. The third kappa shape index (κ3) is 2.47. The molecule has 4 nitrogen and oxygen atoms in total. The van der Waals surface area contributed by atoms with E-state index in [4.69, 9.17) is 10.5 Å². The van der Waals surface area contributed by atoms with E-state index < -0.39 is 0 Å². The van der Waals surface area contributed by atoms with Crippen molar-refractivity contribution in [2.75, 3.05) is 12.8 Å². The quantitative estimate of drug-likeness (QED) is 0.900. The molecule has 1 heterocycles. The van der Waals surface area contributed by atoms with Crippen molar-refractivity contribution in [1.82, 2.24) is 9.78 Å². The van der Waals surface area contributed by atoms with Gasteiger partial charge in [0.2, 0.25) is 0 Å². The zero-order valence-electron chi connectivity index (χ0n) is 11.1. The molecule has 0 saturated heterocycles. The van der Waals surface area contributed by atoms with Gasteiger partial charge >= 0.3 is 0 Å².